The van der Waals surface area contributed by atoms with Gasteiger partial charge in [0.15, 0.2) is 0 Å². The highest BCUT2D eigenvalue weighted by Gasteiger charge is 2.10. The molecular weight excluding hydrogens is 198 g/mol. The van der Waals surface area contributed by atoms with Gasteiger partial charge in [0.05, 0.1) is 11.8 Å². The lowest BCUT2D eigenvalue weighted by Gasteiger charge is -2.04. The van der Waals surface area contributed by atoms with E-state index in [-0.39, 0.29) is 0 Å². The Balaban J connectivity index is 2.05. The topological polar surface area (TPSA) is 50.9 Å². The van der Waals surface area contributed by atoms with E-state index in [0.29, 0.717) is 6.42 Å². The van der Waals surface area contributed by atoms with E-state index in [1.807, 2.05) is 30.1 Å². The highest BCUT2D eigenvalue weighted by Crippen LogP contribution is 2.19. The summed E-state index contributed by atoms with van der Waals surface area (Å²) in [4.78, 5) is 0. The zero-order valence-corrected chi connectivity index (χ0v) is 8.61. The van der Waals surface area contributed by atoms with Gasteiger partial charge in [0.2, 0.25) is 0 Å². The Bertz CT molecular complexity index is 396. The van der Waals surface area contributed by atoms with Gasteiger partial charge in [0.1, 0.15) is 0 Å². The molecule has 2 aromatic rings. The third kappa shape index (κ3) is 2.00. The second kappa shape index (κ2) is 3.89. The molecule has 1 unspecified atom stereocenters. The maximum Gasteiger partial charge on any atom is 0.0856 e. The molecule has 0 radical (unpaired) electrons. The Morgan fingerprint density at radius 3 is 3.07 bits per heavy atom. The molecule has 0 spiro atoms. The lowest BCUT2D eigenvalue weighted by Crippen LogP contribution is -2.00. The van der Waals surface area contributed by atoms with Gasteiger partial charge in [-0.25, -0.2) is 0 Å². The van der Waals surface area contributed by atoms with E-state index >= 15 is 0 Å². The molecular formula is C9H11N3OS. The van der Waals surface area contributed by atoms with E-state index in [2.05, 4.69) is 10.3 Å². The Hall–Kier alpha value is -1.20. The van der Waals surface area contributed by atoms with Crippen molar-refractivity contribution in [2.75, 3.05) is 0 Å². The Kier molecular flexibility index (Phi) is 2.60. The van der Waals surface area contributed by atoms with Crippen LogP contribution in [-0.4, -0.2) is 20.1 Å². The van der Waals surface area contributed by atoms with Crippen LogP contribution in [-0.2, 0) is 13.5 Å². The number of rotatable bonds is 3. The molecule has 0 aliphatic rings. The maximum absolute atomic E-state index is 9.80. The maximum atomic E-state index is 9.80. The molecule has 0 aromatic carbocycles. The molecule has 2 aromatic heterocycles. The van der Waals surface area contributed by atoms with E-state index in [0.717, 1.165) is 11.3 Å². The van der Waals surface area contributed by atoms with Crippen molar-refractivity contribution in [3.8, 4) is 0 Å². The second-order valence-corrected chi connectivity index (χ2v) is 3.94. The number of hydrogen-bond donors (Lipinski definition) is 1. The SMILES string of the molecule is Cn1cc(CC(O)c2ccsc2)nn1. The van der Waals surface area contributed by atoms with Gasteiger partial charge in [-0.1, -0.05) is 5.21 Å². The molecule has 0 fully saturated rings. The van der Waals surface area contributed by atoms with E-state index in [4.69, 9.17) is 0 Å². The van der Waals surface area contributed by atoms with Crippen LogP contribution in [0.25, 0.3) is 0 Å². The van der Waals surface area contributed by atoms with Gasteiger partial charge < -0.3 is 5.11 Å². The molecule has 5 heteroatoms. The first-order valence-electron chi connectivity index (χ1n) is 4.31. The van der Waals surface area contributed by atoms with Crippen LogP contribution in [0.5, 0.6) is 0 Å². The second-order valence-electron chi connectivity index (χ2n) is 3.16. The van der Waals surface area contributed by atoms with Gasteiger partial charge in [0.25, 0.3) is 0 Å². The van der Waals surface area contributed by atoms with Gasteiger partial charge in [-0.05, 0) is 22.4 Å². The van der Waals surface area contributed by atoms with E-state index in [1.165, 1.54) is 0 Å². The Morgan fingerprint density at radius 2 is 2.50 bits per heavy atom. The van der Waals surface area contributed by atoms with Crippen molar-refractivity contribution in [3.63, 3.8) is 0 Å². The molecule has 2 rings (SSSR count). The van der Waals surface area contributed by atoms with Gasteiger partial charge in [-0.3, -0.25) is 4.68 Å². The van der Waals surface area contributed by atoms with Gasteiger partial charge in [-0.2, -0.15) is 11.3 Å². The molecule has 4 nitrogen and oxygen atoms in total. The molecule has 0 aliphatic heterocycles. The number of thiophene rings is 1. The van der Waals surface area contributed by atoms with Crippen molar-refractivity contribution in [2.24, 2.45) is 7.05 Å². The first kappa shape index (κ1) is 9.36. The van der Waals surface area contributed by atoms with Crippen molar-refractivity contribution >= 4 is 11.3 Å². The molecule has 14 heavy (non-hydrogen) atoms. The molecule has 0 bridgehead atoms. The molecule has 0 saturated carbocycles. The monoisotopic (exact) mass is 209 g/mol. The number of aliphatic hydroxyl groups excluding tert-OH is 1. The fourth-order valence-electron chi connectivity index (χ4n) is 1.27. The number of aromatic nitrogens is 3. The van der Waals surface area contributed by atoms with E-state index in [1.54, 1.807) is 16.0 Å². The van der Waals surface area contributed by atoms with Crippen LogP contribution in [0.1, 0.15) is 17.4 Å². The molecule has 0 saturated heterocycles. The summed E-state index contributed by atoms with van der Waals surface area (Å²) in [5, 5.41) is 21.4. The molecule has 2 heterocycles. The minimum Gasteiger partial charge on any atom is -0.388 e. The fourth-order valence-corrected chi connectivity index (χ4v) is 1.98. The highest BCUT2D eigenvalue weighted by molar-refractivity contribution is 7.07. The number of aryl methyl sites for hydroxylation is 1. The number of hydrogen-bond acceptors (Lipinski definition) is 4. The summed E-state index contributed by atoms with van der Waals surface area (Å²) in [6.07, 6.45) is 1.86. The zero-order valence-electron chi connectivity index (χ0n) is 7.79. The summed E-state index contributed by atoms with van der Waals surface area (Å²) < 4.78 is 1.63. The van der Waals surface area contributed by atoms with Crippen LogP contribution in [0, 0.1) is 0 Å². The quantitative estimate of drug-likeness (QED) is 0.825. The largest absolute Gasteiger partial charge is 0.388 e. The highest BCUT2D eigenvalue weighted by atomic mass is 32.1. The van der Waals surface area contributed by atoms with Crippen molar-refractivity contribution in [1.82, 2.24) is 15.0 Å². The number of aliphatic hydroxyl groups is 1. The summed E-state index contributed by atoms with van der Waals surface area (Å²) in [7, 11) is 1.81. The van der Waals surface area contributed by atoms with Crippen molar-refractivity contribution in [3.05, 3.63) is 34.3 Å². The first-order chi connectivity index (χ1) is 6.75. The number of nitrogens with zero attached hydrogens (tertiary/aromatic N) is 3. The zero-order chi connectivity index (χ0) is 9.97. The predicted octanol–water partition coefficient (Wildman–Crippen LogP) is 1.15. The lowest BCUT2D eigenvalue weighted by atomic mass is 10.1. The third-order valence-electron chi connectivity index (χ3n) is 1.98. The Labute approximate surface area is 85.8 Å². The molecule has 0 amide bonds. The van der Waals surface area contributed by atoms with Crippen molar-refractivity contribution < 1.29 is 5.11 Å². The van der Waals surface area contributed by atoms with Crippen molar-refractivity contribution in [2.45, 2.75) is 12.5 Å². The van der Waals surface area contributed by atoms with Gasteiger partial charge in [-0.15, -0.1) is 5.10 Å². The summed E-state index contributed by atoms with van der Waals surface area (Å²) in [6, 6.07) is 1.92. The lowest BCUT2D eigenvalue weighted by molar-refractivity contribution is 0.177. The summed E-state index contributed by atoms with van der Waals surface area (Å²) in [5.74, 6) is 0. The third-order valence-corrected chi connectivity index (χ3v) is 2.68. The summed E-state index contributed by atoms with van der Waals surface area (Å²) in [6.45, 7) is 0. The first-order valence-corrected chi connectivity index (χ1v) is 5.25. The normalized spacial score (nSPS) is 13.0. The molecule has 74 valence electrons. The average Bonchev–Trinajstić information content (AvgIpc) is 2.75. The minimum absolute atomic E-state index is 0.474. The summed E-state index contributed by atoms with van der Waals surface area (Å²) in [5.41, 5.74) is 1.76. The van der Waals surface area contributed by atoms with E-state index < -0.39 is 6.10 Å². The molecule has 1 N–H and O–H groups in total. The standard InChI is InChI=1S/C9H11N3OS/c1-12-5-8(10-11-12)4-9(13)7-2-3-14-6-7/h2-3,5-6,9,13H,4H2,1H3. The average molecular weight is 209 g/mol. The van der Waals surface area contributed by atoms with Gasteiger partial charge in [0, 0.05) is 19.7 Å². The van der Waals surface area contributed by atoms with Gasteiger partial charge >= 0.3 is 0 Å². The van der Waals surface area contributed by atoms with Crippen molar-refractivity contribution in [1.29, 1.82) is 0 Å². The smallest absolute Gasteiger partial charge is 0.0856 e. The minimum atomic E-state index is -0.474. The molecule has 1 atom stereocenters. The van der Waals surface area contributed by atoms with Crippen LogP contribution < -0.4 is 0 Å². The summed E-state index contributed by atoms with van der Waals surface area (Å²) >= 11 is 1.58. The fraction of sp³-hybridized carbons (Fsp3) is 0.333. The van der Waals surface area contributed by atoms with E-state index in [9.17, 15) is 5.11 Å². The van der Waals surface area contributed by atoms with Crippen LogP contribution in [0.4, 0.5) is 0 Å². The predicted molar refractivity (Wildman–Crippen MR) is 54.0 cm³/mol. The van der Waals surface area contributed by atoms with Crippen LogP contribution in [0.3, 0.4) is 0 Å². The van der Waals surface area contributed by atoms with Crippen LogP contribution in [0.15, 0.2) is 23.0 Å². The van der Waals surface area contributed by atoms with Crippen LogP contribution in [0.2, 0.25) is 0 Å². The Morgan fingerprint density at radius 1 is 1.64 bits per heavy atom. The molecule has 0 aliphatic carbocycles. The van der Waals surface area contributed by atoms with Crippen LogP contribution >= 0.6 is 11.3 Å².